The van der Waals surface area contributed by atoms with Crippen LogP contribution in [0.5, 0.6) is 0 Å². The van der Waals surface area contributed by atoms with Gasteiger partial charge in [-0.05, 0) is 44.0 Å². The lowest BCUT2D eigenvalue weighted by Crippen LogP contribution is -2.01. The summed E-state index contributed by atoms with van der Waals surface area (Å²) in [5.41, 5.74) is 5.32. The molecule has 0 bridgehead atoms. The van der Waals surface area contributed by atoms with E-state index in [4.69, 9.17) is 0 Å². The smallest absolute Gasteiger partial charge is 0.0482 e. The highest BCUT2D eigenvalue weighted by molar-refractivity contribution is 5.61. The number of benzene rings is 1. The molecule has 1 aromatic heterocycles. The summed E-state index contributed by atoms with van der Waals surface area (Å²) in [6, 6.07) is 13.1. The van der Waals surface area contributed by atoms with Gasteiger partial charge in [0.1, 0.15) is 0 Å². The Hall–Kier alpha value is -1.50. The third kappa shape index (κ3) is 2.04. The molecule has 0 radical (unpaired) electrons. The number of nitrogens with zero attached hydrogens (tertiary/aromatic N) is 1. The van der Waals surface area contributed by atoms with Crippen LogP contribution in [-0.4, -0.2) is 4.57 Å². The molecule has 0 aliphatic heterocycles. The van der Waals surface area contributed by atoms with E-state index < -0.39 is 0 Å². The molecule has 1 heteroatoms. The van der Waals surface area contributed by atoms with Crippen LogP contribution in [-0.2, 0) is 6.54 Å². The maximum atomic E-state index is 2.40. The number of aryl methyl sites for hydroxylation is 2. The first kappa shape index (κ1) is 11.0. The molecule has 2 aromatic rings. The molecule has 0 atom stereocenters. The second-order valence-electron chi connectivity index (χ2n) is 4.38. The first-order valence-corrected chi connectivity index (χ1v) is 5.95. The van der Waals surface area contributed by atoms with Gasteiger partial charge in [0.15, 0.2) is 0 Å². The molecular formula is C15H19N. The monoisotopic (exact) mass is 213 g/mol. The fraction of sp³-hybridized carbons (Fsp3) is 0.333. The molecule has 1 aromatic carbocycles. The van der Waals surface area contributed by atoms with E-state index in [0.717, 1.165) is 6.54 Å². The largest absolute Gasteiger partial charge is 0.345 e. The van der Waals surface area contributed by atoms with Crippen molar-refractivity contribution in [1.82, 2.24) is 4.57 Å². The summed E-state index contributed by atoms with van der Waals surface area (Å²) in [7, 11) is 0. The second kappa shape index (κ2) is 4.56. The SMILES string of the molecule is CCCn1c(C)ccc1-c1cccc(C)c1. The Morgan fingerprint density at radius 3 is 2.56 bits per heavy atom. The molecular weight excluding hydrogens is 194 g/mol. The molecule has 0 N–H and O–H groups in total. The van der Waals surface area contributed by atoms with Gasteiger partial charge < -0.3 is 4.57 Å². The third-order valence-corrected chi connectivity index (χ3v) is 2.96. The van der Waals surface area contributed by atoms with E-state index >= 15 is 0 Å². The van der Waals surface area contributed by atoms with E-state index in [2.05, 4.69) is 61.7 Å². The minimum Gasteiger partial charge on any atom is -0.345 e. The quantitative estimate of drug-likeness (QED) is 0.720. The van der Waals surface area contributed by atoms with E-state index in [9.17, 15) is 0 Å². The summed E-state index contributed by atoms with van der Waals surface area (Å²) in [4.78, 5) is 0. The summed E-state index contributed by atoms with van der Waals surface area (Å²) >= 11 is 0. The normalized spacial score (nSPS) is 10.7. The van der Waals surface area contributed by atoms with Crippen LogP contribution in [0.2, 0.25) is 0 Å². The Labute approximate surface area is 97.7 Å². The van der Waals surface area contributed by atoms with E-state index in [-0.39, 0.29) is 0 Å². The number of hydrogen-bond donors (Lipinski definition) is 0. The van der Waals surface area contributed by atoms with E-state index in [1.807, 2.05) is 0 Å². The van der Waals surface area contributed by atoms with Gasteiger partial charge >= 0.3 is 0 Å². The lowest BCUT2D eigenvalue weighted by atomic mass is 10.1. The maximum Gasteiger partial charge on any atom is 0.0482 e. The Kier molecular flexibility index (Phi) is 3.14. The van der Waals surface area contributed by atoms with Gasteiger partial charge in [0.2, 0.25) is 0 Å². The lowest BCUT2D eigenvalue weighted by Gasteiger charge is -2.11. The van der Waals surface area contributed by atoms with Crippen LogP contribution in [0.3, 0.4) is 0 Å². The predicted molar refractivity (Wildman–Crippen MR) is 69.6 cm³/mol. The van der Waals surface area contributed by atoms with Crippen LogP contribution in [0.15, 0.2) is 36.4 Å². The average Bonchev–Trinajstić information content (AvgIpc) is 2.61. The van der Waals surface area contributed by atoms with Crippen LogP contribution in [0.1, 0.15) is 24.6 Å². The van der Waals surface area contributed by atoms with Crippen molar-refractivity contribution in [1.29, 1.82) is 0 Å². The molecule has 2 rings (SSSR count). The van der Waals surface area contributed by atoms with Crippen LogP contribution < -0.4 is 0 Å². The molecule has 1 nitrogen and oxygen atoms in total. The second-order valence-corrected chi connectivity index (χ2v) is 4.38. The summed E-state index contributed by atoms with van der Waals surface area (Å²) < 4.78 is 2.40. The standard InChI is InChI=1S/C15H19N/c1-4-10-16-13(3)8-9-15(16)14-7-5-6-12(2)11-14/h5-9,11H,4,10H2,1-3H3. The maximum absolute atomic E-state index is 2.40. The fourth-order valence-electron chi connectivity index (χ4n) is 2.15. The Balaban J connectivity index is 2.47. The van der Waals surface area contributed by atoms with Gasteiger partial charge in [0.05, 0.1) is 0 Å². The zero-order valence-corrected chi connectivity index (χ0v) is 10.3. The van der Waals surface area contributed by atoms with Crippen LogP contribution in [0, 0.1) is 13.8 Å². The number of hydrogen-bond acceptors (Lipinski definition) is 0. The topological polar surface area (TPSA) is 4.93 Å². The molecule has 0 fully saturated rings. The Bertz CT molecular complexity index is 480. The van der Waals surface area contributed by atoms with Crippen molar-refractivity contribution in [3.8, 4) is 11.3 Å². The minimum absolute atomic E-state index is 1.10. The zero-order chi connectivity index (χ0) is 11.5. The average molecular weight is 213 g/mol. The highest BCUT2D eigenvalue weighted by atomic mass is 15.0. The third-order valence-electron chi connectivity index (χ3n) is 2.96. The van der Waals surface area contributed by atoms with Crippen molar-refractivity contribution in [2.24, 2.45) is 0 Å². The van der Waals surface area contributed by atoms with Crippen molar-refractivity contribution >= 4 is 0 Å². The summed E-state index contributed by atoms with van der Waals surface area (Å²) in [6.07, 6.45) is 1.17. The molecule has 0 unspecified atom stereocenters. The van der Waals surface area contributed by atoms with Gasteiger partial charge in [-0.15, -0.1) is 0 Å². The van der Waals surface area contributed by atoms with Crippen molar-refractivity contribution in [3.63, 3.8) is 0 Å². The Morgan fingerprint density at radius 2 is 1.88 bits per heavy atom. The van der Waals surface area contributed by atoms with E-state index in [0.29, 0.717) is 0 Å². The van der Waals surface area contributed by atoms with Crippen molar-refractivity contribution in [2.75, 3.05) is 0 Å². The molecule has 0 spiro atoms. The highest BCUT2D eigenvalue weighted by Gasteiger charge is 2.06. The summed E-state index contributed by atoms with van der Waals surface area (Å²) in [5.74, 6) is 0. The van der Waals surface area contributed by atoms with Crippen LogP contribution in [0.4, 0.5) is 0 Å². The number of aromatic nitrogens is 1. The highest BCUT2D eigenvalue weighted by Crippen LogP contribution is 2.23. The van der Waals surface area contributed by atoms with E-state index in [1.54, 1.807) is 0 Å². The minimum atomic E-state index is 1.10. The molecule has 0 amide bonds. The van der Waals surface area contributed by atoms with Gasteiger partial charge in [0, 0.05) is 17.9 Å². The predicted octanol–water partition coefficient (Wildman–Crippen LogP) is 4.18. The molecule has 0 saturated carbocycles. The summed E-state index contributed by atoms with van der Waals surface area (Å²) in [6.45, 7) is 7.64. The van der Waals surface area contributed by atoms with Crippen molar-refractivity contribution < 1.29 is 0 Å². The molecule has 1 heterocycles. The molecule has 16 heavy (non-hydrogen) atoms. The Morgan fingerprint density at radius 1 is 1.06 bits per heavy atom. The molecule has 84 valence electrons. The lowest BCUT2D eigenvalue weighted by molar-refractivity contribution is 0.672. The van der Waals surface area contributed by atoms with Crippen LogP contribution in [0.25, 0.3) is 11.3 Å². The van der Waals surface area contributed by atoms with Gasteiger partial charge in [-0.2, -0.15) is 0 Å². The van der Waals surface area contributed by atoms with Crippen molar-refractivity contribution in [2.45, 2.75) is 33.7 Å². The molecule has 0 saturated heterocycles. The zero-order valence-electron chi connectivity index (χ0n) is 10.3. The first-order valence-electron chi connectivity index (χ1n) is 5.95. The van der Waals surface area contributed by atoms with Gasteiger partial charge in [0.25, 0.3) is 0 Å². The molecule has 0 aliphatic carbocycles. The van der Waals surface area contributed by atoms with Crippen LogP contribution >= 0.6 is 0 Å². The van der Waals surface area contributed by atoms with Gasteiger partial charge in [-0.25, -0.2) is 0 Å². The summed E-state index contributed by atoms with van der Waals surface area (Å²) in [5, 5.41) is 0. The van der Waals surface area contributed by atoms with Gasteiger partial charge in [-0.3, -0.25) is 0 Å². The molecule has 0 aliphatic rings. The van der Waals surface area contributed by atoms with Crippen molar-refractivity contribution in [3.05, 3.63) is 47.7 Å². The number of rotatable bonds is 3. The van der Waals surface area contributed by atoms with Gasteiger partial charge in [-0.1, -0.05) is 30.7 Å². The van der Waals surface area contributed by atoms with E-state index in [1.165, 1.54) is 28.9 Å². The first-order chi connectivity index (χ1) is 7.72. The fourth-order valence-corrected chi connectivity index (χ4v) is 2.15.